The van der Waals surface area contributed by atoms with Gasteiger partial charge in [0.2, 0.25) is 10.0 Å². The molecule has 0 spiro atoms. The van der Waals surface area contributed by atoms with Crippen LogP contribution in [0, 0.1) is 11.3 Å². The third kappa shape index (κ3) is 4.99. The van der Waals surface area contributed by atoms with Crippen molar-refractivity contribution in [2.45, 2.75) is 37.2 Å². The van der Waals surface area contributed by atoms with Crippen LogP contribution in [0.2, 0.25) is 0 Å². The van der Waals surface area contributed by atoms with Crippen LogP contribution in [0.5, 0.6) is 0 Å². The van der Waals surface area contributed by atoms with Crippen LogP contribution in [0.1, 0.15) is 25.3 Å². The van der Waals surface area contributed by atoms with Crippen LogP contribution in [0.25, 0.3) is 0 Å². The Balaban J connectivity index is 2.64. The lowest BCUT2D eigenvalue weighted by Crippen LogP contribution is -2.27. The molecule has 0 radical (unpaired) electrons. The van der Waals surface area contributed by atoms with Gasteiger partial charge in [-0.15, -0.1) is 0 Å². The van der Waals surface area contributed by atoms with E-state index >= 15 is 0 Å². The molecule has 1 aromatic rings. The van der Waals surface area contributed by atoms with Crippen LogP contribution < -0.4 is 4.72 Å². The lowest BCUT2D eigenvalue weighted by atomic mass is 10.2. The predicted octanol–water partition coefficient (Wildman–Crippen LogP) is 1.19. The third-order valence-electron chi connectivity index (χ3n) is 2.76. The fraction of sp³-hybridized carbons (Fsp3) is 0.462. The number of rotatable bonds is 7. The molecule has 0 aliphatic carbocycles. The van der Waals surface area contributed by atoms with Crippen molar-refractivity contribution < 1.29 is 13.5 Å². The summed E-state index contributed by atoms with van der Waals surface area (Å²) in [5, 5.41) is 17.9. The number of aliphatic hydroxyl groups excluding tert-OH is 1. The van der Waals surface area contributed by atoms with Gasteiger partial charge < -0.3 is 5.11 Å². The van der Waals surface area contributed by atoms with E-state index in [-0.39, 0.29) is 17.9 Å². The largest absolute Gasteiger partial charge is 0.393 e. The van der Waals surface area contributed by atoms with Crippen molar-refractivity contribution >= 4 is 10.0 Å². The number of nitriles is 1. The van der Waals surface area contributed by atoms with Gasteiger partial charge in [0.25, 0.3) is 0 Å². The highest BCUT2D eigenvalue weighted by Gasteiger charge is 2.13. The lowest BCUT2D eigenvalue weighted by Gasteiger charge is -2.09. The lowest BCUT2D eigenvalue weighted by molar-refractivity contribution is 0.162. The second kappa shape index (κ2) is 7.24. The third-order valence-corrected chi connectivity index (χ3v) is 4.23. The summed E-state index contributed by atoms with van der Waals surface area (Å²) < 4.78 is 26.3. The molecule has 1 aromatic carbocycles. The average Bonchev–Trinajstić information content (AvgIpc) is 2.39. The molecule has 19 heavy (non-hydrogen) atoms. The summed E-state index contributed by atoms with van der Waals surface area (Å²) in [6, 6.07) is 8.20. The van der Waals surface area contributed by atoms with Crippen molar-refractivity contribution in [3.63, 3.8) is 0 Å². The minimum atomic E-state index is -3.54. The molecule has 2 N–H and O–H groups in total. The number of nitrogens with zero attached hydrogens (tertiary/aromatic N) is 1. The molecule has 0 aliphatic heterocycles. The zero-order valence-electron chi connectivity index (χ0n) is 10.8. The Bertz CT molecular complexity index is 532. The summed E-state index contributed by atoms with van der Waals surface area (Å²) in [4.78, 5) is 0.167. The zero-order valence-corrected chi connectivity index (χ0v) is 11.7. The van der Waals surface area contributed by atoms with E-state index in [1.807, 2.05) is 13.0 Å². The van der Waals surface area contributed by atoms with Gasteiger partial charge in [-0.3, -0.25) is 0 Å². The minimum Gasteiger partial charge on any atom is -0.393 e. The molecule has 0 heterocycles. The number of aliphatic hydroxyl groups is 1. The first kappa shape index (κ1) is 15.6. The Hall–Kier alpha value is -1.42. The predicted molar refractivity (Wildman–Crippen MR) is 71.9 cm³/mol. The van der Waals surface area contributed by atoms with E-state index in [0.29, 0.717) is 12.8 Å². The van der Waals surface area contributed by atoms with Crippen molar-refractivity contribution in [2.24, 2.45) is 0 Å². The summed E-state index contributed by atoms with van der Waals surface area (Å²) in [7, 11) is -3.54. The van der Waals surface area contributed by atoms with Gasteiger partial charge in [0.15, 0.2) is 0 Å². The molecule has 1 rings (SSSR count). The maximum absolute atomic E-state index is 11.9. The Morgan fingerprint density at radius 1 is 1.37 bits per heavy atom. The Morgan fingerprint density at radius 3 is 2.53 bits per heavy atom. The van der Waals surface area contributed by atoms with E-state index in [1.165, 1.54) is 12.1 Å². The number of nitrogens with one attached hydrogen (secondary N) is 1. The molecule has 0 aliphatic rings. The van der Waals surface area contributed by atoms with Gasteiger partial charge >= 0.3 is 0 Å². The Morgan fingerprint density at radius 2 is 2.00 bits per heavy atom. The second-order valence-corrected chi connectivity index (χ2v) is 5.99. The summed E-state index contributed by atoms with van der Waals surface area (Å²) in [5.74, 6) is 0. The summed E-state index contributed by atoms with van der Waals surface area (Å²) in [6.07, 6.45) is 0.768. The highest BCUT2D eigenvalue weighted by molar-refractivity contribution is 7.89. The Labute approximate surface area is 113 Å². The first-order valence-corrected chi connectivity index (χ1v) is 7.61. The van der Waals surface area contributed by atoms with Crippen LogP contribution in [0.15, 0.2) is 29.2 Å². The van der Waals surface area contributed by atoms with E-state index in [1.54, 1.807) is 12.1 Å². The first-order chi connectivity index (χ1) is 8.99. The van der Waals surface area contributed by atoms with E-state index in [4.69, 9.17) is 5.26 Å². The zero-order chi connectivity index (χ0) is 14.3. The van der Waals surface area contributed by atoms with Gasteiger partial charge in [-0.05, 0) is 30.5 Å². The fourth-order valence-electron chi connectivity index (χ4n) is 1.53. The van der Waals surface area contributed by atoms with Crippen LogP contribution in [0.3, 0.4) is 0 Å². The van der Waals surface area contributed by atoms with Crippen LogP contribution in [0.4, 0.5) is 0 Å². The molecule has 6 heteroatoms. The molecule has 0 aromatic heterocycles. The van der Waals surface area contributed by atoms with E-state index in [9.17, 15) is 13.5 Å². The van der Waals surface area contributed by atoms with Gasteiger partial charge in [-0.25, -0.2) is 13.1 Å². The number of sulfonamides is 1. The van der Waals surface area contributed by atoms with Gasteiger partial charge in [0, 0.05) is 6.54 Å². The standard InChI is InChI=1S/C13H18N2O3S/c1-2-12(16)8-10-15-19(17,18)13-5-3-11(4-6-13)7-9-14/h3-6,12,15-16H,2,7-8,10H2,1H3. The average molecular weight is 282 g/mol. The summed E-state index contributed by atoms with van der Waals surface area (Å²) >= 11 is 0. The smallest absolute Gasteiger partial charge is 0.240 e. The van der Waals surface area contributed by atoms with E-state index in [2.05, 4.69) is 4.72 Å². The molecule has 0 saturated heterocycles. The van der Waals surface area contributed by atoms with Crippen molar-refractivity contribution in [1.29, 1.82) is 5.26 Å². The van der Waals surface area contributed by atoms with Gasteiger partial charge in [-0.1, -0.05) is 19.1 Å². The van der Waals surface area contributed by atoms with Crippen LogP contribution >= 0.6 is 0 Å². The Kier molecular flexibility index (Phi) is 5.96. The molecular weight excluding hydrogens is 264 g/mol. The molecule has 1 unspecified atom stereocenters. The quantitative estimate of drug-likeness (QED) is 0.786. The monoisotopic (exact) mass is 282 g/mol. The molecule has 5 nitrogen and oxygen atoms in total. The second-order valence-electron chi connectivity index (χ2n) is 4.23. The summed E-state index contributed by atoms with van der Waals surface area (Å²) in [5.41, 5.74) is 0.780. The molecule has 0 saturated carbocycles. The minimum absolute atomic E-state index is 0.167. The molecule has 0 amide bonds. The van der Waals surface area contributed by atoms with E-state index in [0.717, 1.165) is 5.56 Å². The molecule has 104 valence electrons. The summed E-state index contributed by atoms with van der Waals surface area (Å²) in [6.45, 7) is 2.05. The highest BCUT2D eigenvalue weighted by atomic mass is 32.2. The topological polar surface area (TPSA) is 90.2 Å². The van der Waals surface area contributed by atoms with Gasteiger partial charge in [0.05, 0.1) is 23.5 Å². The van der Waals surface area contributed by atoms with Gasteiger partial charge in [0.1, 0.15) is 0 Å². The van der Waals surface area contributed by atoms with Crippen LogP contribution in [-0.4, -0.2) is 26.2 Å². The maximum Gasteiger partial charge on any atom is 0.240 e. The molecular formula is C13H18N2O3S. The number of hydrogen-bond donors (Lipinski definition) is 2. The number of hydrogen-bond acceptors (Lipinski definition) is 4. The number of benzene rings is 1. The first-order valence-electron chi connectivity index (χ1n) is 6.13. The van der Waals surface area contributed by atoms with E-state index < -0.39 is 16.1 Å². The molecule has 0 bridgehead atoms. The van der Waals surface area contributed by atoms with Crippen molar-refractivity contribution in [2.75, 3.05) is 6.54 Å². The maximum atomic E-state index is 11.9. The van der Waals surface area contributed by atoms with Crippen molar-refractivity contribution in [1.82, 2.24) is 4.72 Å². The SMILES string of the molecule is CCC(O)CCNS(=O)(=O)c1ccc(CC#N)cc1. The fourth-order valence-corrected chi connectivity index (χ4v) is 2.57. The van der Waals surface area contributed by atoms with Crippen molar-refractivity contribution in [3.8, 4) is 6.07 Å². The van der Waals surface area contributed by atoms with Gasteiger partial charge in [-0.2, -0.15) is 5.26 Å². The highest BCUT2D eigenvalue weighted by Crippen LogP contribution is 2.11. The molecule has 1 atom stereocenters. The van der Waals surface area contributed by atoms with Crippen molar-refractivity contribution in [3.05, 3.63) is 29.8 Å². The van der Waals surface area contributed by atoms with Crippen LogP contribution in [-0.2, 0) is 16.4 Å². The molecule has 0 fully saturated rings. The normalized spacial score (nSPS) is 12.9.